The van der Waals surface area contributed by atoms with Crippen LogP contribution in [0.3, 0.4) is 0 Å². The lowest BCUT2D eigenvalue weighted by atomic mass is 10.2. The molecular formula is C14H16BrN3O2. The molecule has 0 spiro atoms. The molecule has 2 rings (SSSR count). The Morgan fingerprint density at radius 2 is 2.35 bits per heavy atom. The van der Waals surface area contributed by atoms with E-state index in [1.54, 1.807) is 12.3 Å². The molecule has 1 amide bonds. The minimum absolute atomic E-state index is 0.196. The van der Waals surface area contributed by atoms with E-state index in [-0.39, 0.29) is 5.91 Å². The topological polar surface area (TPSA) is 67.2 Å². The fourth-order valence-electron chi connectivity index (χ4n) is 1.93. The van der Waals surface area contributed by atoms with Gasteiger partial charge in [-0.05, 0) is 40.5 Å². The first-order valence-electron chi connectivity index (χ1n) is 6.26. The number of aromatic nitrogens is 2. The quantitative estimate of drug-likeness (QED) is 0.877. The van der Waals surface area contributed by atoms with Crippen molar-refractivity contribution in [2.24, 2.45) is 7.05 Å². The van der Waals surface area contributed by atoms with Crippen LogP contribution < -0.4 is 5.32 Å². The van der Waals surface area contributed by atoms with Crippen LogP contribution in [0.2, 0.25) is 0 Å². The monoisotopic (exact) mass is 337 g/mol. The number of pyridine rings is 1. The highest BCUT2D eigenvalue weighted by atomic mass is 79.9. The molecule has 2 aromatic heterocycles. The summed E-state index contributed by atoms with van der Waals surface area (Å²) >= 11 is 3.27. The number of nitrogens with one attached hydrogen (secondary N) is 1. The Labute approximate surface area is 125 Å². The predicted molar refractivity (Wildman–Crippen MR) is 79.3 cm³/mol. The molecule has 2 N–H and O–H groups in total. The third-order valence-corrected chi connectivity index (χ3v) is 3.43. The molecule has 1 unspecified atom stereocenters. The van der Waals surface area contributed by atoms with Crippen LogP contribution >= 0.6 is 15.9 Å². The zero-order valence-electron chi connectivity index (χ0n) is 11.1. The number of aliphatic hydroxyl groups is 1. The van der Waals surface area contributed by atoms with E-state index >= 15 is 0 Å². The fraction of sp³-hybridized carbons (Fsp3) is 0.286. The van der Waals surface area contributed by atoms with Crippen LogP contribution in [-0.4, -0.2) is 27.1 Å². The van der Waals surface area contributed by atoms with E-state index in [1.165, 1.54) is 6.20 Å². The molecule has 2 aromatic rings. The molecule has 0 aliphatic carbocycles. The van der Waals surface area contributed by atoms with Crippen molar-refractivity contribution in [3.05, 3.63) is 52.5 Å². The Kier molecular flexibility index (Phi) is 4.92. The standard InChI is InChI=1S/C14H16BrN3O2/c1-18-6-2-3-12(18)13(19)4-5-17-14(20)10-7-11(15)9-16-8-10/h2-3,6-9,13,19H,4-5H2,1H3,(H,17,20). The summed E-state index contributed by atoms with van der Waals surface area (Å²) in [7, 11) is 1.88. The number of amides is 1. The maximum atomic E-state index is 11.9. The lowest BCUT2D eigenvalue weighted by molar-refractivity contribution is 0.0941. The smallest absolute Gasteiger partial charge is 0.252 e. The summed E-state index contributed by atoms with van der Waals surface area (Å²) in [5.41, 5.74) is 1.33. The van der Waals surface area contributed by atoms with Gasteiger partial charge >= 0.3 is 0 Å². The van der Waals surface area contributed by atoms with Crippen molar-refractivity contribution in [1.82, 2.24) is 14.9 Å². The van der Waals surface area contributed by atoms with Crippen LogP contribution in [0, 0.1) is 0 Å². The highest BCUT2D eigenvalue weighted by Gasteiger charge is 2.11. The number of halogens is 1. The van der Waals surface area contributed by atoms with Crippen LogP contribution in [0.25, 0.3) is 0 Å². The van der Waals surface area contributed by atoms with E-state index in [0.717, 1.165) is 10.2 Å². The lowest BCUT2D eigenvalue weighted by Gasteiger charge is -2.12. The molecule has 0 aromatic carbocycles. The molecule has 5 nitrogen and oxygen atoms in total. The van der Waals surface area contributed by atoms with Crippen molar-refractivity contribution in [2.75, 3.05) is 6.54 Å². The molecule has 6 heteroatoms. The Bertz CT molecular complexity index is 598. The molecule has 0 aliphatic heterocycles. The molecule has 0 fully saturated rings. The number of hydrogen-bond donors (Lipinski definition) is 2. The van der Waals surface area contributed by atoms with Gasteiger partial charge in [0.2, 0.25) is 0 Å². The summed E-state index contributed by atoms with van der Waals surface area (Å²) in [6.07, 6.45) is 4.88. The van der Waals surface area contributed by atoms with Crippen LogP contribution in [0.4, 0.5) is 0 Å². The number of hydrogen-bond acceptors (Lipinski definition) is 3. The van der Waals surface area contributed by atoms with Gasteiger partial charge in [0.1, 0.15) is 0 Å². The summed E-state index contributed by atoms with van der Waals surface area (Å²) in [6, 6.07) is 5.45. The molecule has 106 valence electrons. The first kappa shape index (κ1) is 14.7. The van der Waals surface area contributed by atoms with E-state index in [0.29, 0.717) is 18.5 Å². The molecule has 0 radical (unpaired) electrons. The van der Waals surface area contributed by atoms with Gasteiger partial charge in [-0.3, -0.25) is 9.78 Å². The highest BCUT2D eigenvalue weighted by molar-refractivity contribution is 9.10. The van der Waals surface area contributed by atoms with Gasteiger partial charge in [-0.15, -0.1) is 0 Å². The summed E-state index contributed by atoms with van der Waals surface area (Å²) in [5.74, 6) is -0.196. The zero-order chi connectivity index (χ0) is 14.5. The number of carbonyl (C=O) groups is 1. The van der Waals surface area contributed by atoms with E-state index < -0.39 is 6.10 Å². The van der Waals surface area contributed by atoms with E-state index in [1.807, 2.05) is 29.9 Å². The minimum Gasteiger partial charge on any atom is -0.387 e. The average Bonchev–Trinajstić information content (AvgIpc) is 2.85. The van der Waals surface area contributed by atoms with Crippen molar-refractivity contribution in [3.8, 4) is 0 Å². The Balaban J connectivity index is 1.84. The van der Waals surface area contributed by atoms with Gasteiger partial charge in [-0.2, -0.15) is 0 Å². The van der Waals surface area contributed by atoms with Crippen molar-refractivity contribution in [3.63, 3.8) is 0 Å². The maximum Gasteiger partial charge on any atom is 0.252 e. The second-order valence-electron chi connectivity index (χ2n) is 4.50. The summed E-state index contributed by atoms with van der Waals surface area (Å²) in [5, 5.41) is 12.8. The third kappa shape index (κ3) is 3.68. The molecule has 0 saturated heterocycles. The molecule has 0 saturated carbocycles. The van der Waals surface area contributed by atoms with E-state index in [2.05, 4.69) is 26.2 Å². The first-order valence-corrected chi connectivity index (χ1v) is 7.05. The van der Waals surface area contributed by atoms with Crippen LogP contribution in [0.5, 0.6) is 0 Å². The molecule has 20 heavy (non-hydrogen) atoms. The first-order chi connectivity index (χ1) is 9.58. The molecular weight excluding hydrogens is 322 g/mol. The number of aryl methyl sites for hydroxylation is 1. The Hall–Kier alpha value is -1.66. The Morgan fingerprint density at radius 1 is 1.55 bits per heavy atom. The number of aliphatic hydroxyl groups excluding tert-OH is 1. The summed E-state index contributed by atoms with van der Waals surface area (Å²) in [4.78, 5) is 15.8. The third-order valence-electron chi connectivity index (χ3n) is 3.00. The minimum atomic E-state index is -0.587. The van der Waals surface area contributed by atoms with Crippen molar-refractivity contribution < 1.29 is 9.90 Å². The zero-order valence-corrected chi connectivity index (χ0v) is 12.7. The molecule has 0 bridgehead atoms. The Morgan fingerprint density at radius 3 is 3.00 bits per heavy atom. The van der Waals surface area contributed by atoms with E-state index in [4.69, 9.17) is 0 Å². The van der Waals surface area contributed by atoms with Gasteiger partial charge in [0.25, 0.3) is 5.91 Å². The number of rotatable bonds is 5. The van der Waals surface area contributed by atoms with Crippen molar-refractivity contribution >= 4 is 21.8 Å². The second kappa shape index (κ2) is 6.67. The normalized spacial score (nSPS) is 12.2. The average molecular weight is 338 g/mol. The van der Waals surface area contributed by atoms with Crippen molar-refractivity contribution in [1.29, 1.82) is 0 Å². The summed E-state index contributed by atoms with van der Waals surface area (Å²) in [6.45, 7) is 0.400. The van der Waals surface area contributed by atoms with Gasteiger partial charge < -0.3 is 15.0 Å². The van der Waals surface area contributed by atoms with Gasteiger partial charge in [-0.25, -0.2) is 0 Å². The van der Waals surface area contributed by atoms with Gasteiger partial charge in [0.15, 0.2) is 0 Å². The predicted octanol–water partition coefficient (Wildman–Crippen LogP) is 2.04. The van der Waals surface area contributed by atoms with E-state index in [9.17, 15) is 9.90 Å². The summed E-state index contributed by atoms with van der Waals surface area (Å²) < 4.78 is 2.62. The van der Waals surface area contributed by atoms with Crippen LogP contribution in [0.15, 0.2) is 41.3 Å². The number of nitrogens with zero attached hydrogens (tertiary/aromatic N) is 2. The number of carbonyl (C=O) groups excluding carboxylic acids is 1. The lowest BCUT2D eigenvalue weighted by Crippen LogP contribution is -2.26. The maximum absolute atomic E-state index is 11.9. The van der Waals surface area contributed by atoms with Crippen molar-refractivity contribution in [2.45, 2.75) is 12.5 Å². The fourth-order valence-corrected chi connectivity index (χ4v) is 2.29. The second-order valence-corrected chi connectivity index (χ2v) is 5.41. The largest absolute Gasteiger partial charge is 0.387 e. The molecule has 0 aliphatic rings. The van der Waals surface area contributed by atoms with Crippen LogP contribution in [-0.2, 0) is 7.05 Å². The van der Waals surface area contributed by atoms with Gasteiger partial charge in [0, 0.05) is 42.3 Å². The van der Waals surface area contributed by atoms with Gasteiger partial charge in [0.05, 0.1) is 11.7 Å². The van der Waals surface area contributed by atoms with Gasteiger partial charge in [-0.1, -0.05) is 0 Å². The van der Waals surface area contributed by atoms with Crippen LogP contribution in [0.1, 0.15) is 28.6 Å². The molecule has 1 atom stereocenters. The molecule has 2 heterocycles. The SMILES string of the molecule is Cn1cccc1C(O)CCNC(=O)c1cncc(Br)c1. The highest BCUT2D eigenvalue weighted by Crippen LogP contribution is 2.15.